The minimum Gasteiger partial charge on any atom is -0.482 e. The largest absolute Gasteiger partial charge is 0.482 e. The molecular formula is C12H11F3N2O. The van der Waals surface area contributed by atoms with Gasteiger partial charge in [-0.05, 0) is 18.2 Å². The number of nitrogens with one attached hydrogen (secondary N) is 1. The normalized spacial score (nSPS) is 11.6. The molecular weight excluding hydrogens is 245 g/mol. The van der Waals surface area contributed by atoms with Crippen molar-refractivity contribution in [3.8, 4) is 5.75 Å². The van der Waals surface area contributed by atoms with E-state index in [1.165, 1.54) is 6.07 Å². The summed E-state index contributed by atoms with van der Waals surface area (Å²) >= 11 is 0. The topological polar surface area (TPSA) is 34.1 Å². The number of nitrogens with zero attached hydrogens (tertiary/aromatic N) is 1. The maximum atomic E-state index is 12.1. The number of halogens is 3. The molecule has 0 amide bonds. The number of rotatable bonds is 3. The van der Waals surface area contributed by atoms with Gasteiger partial charge in [-0.2, -0.15) is 13.2 Å². The zero-order valence-electron chi connectivity index (χ0n) is 9.58. The van der Waals surface area contributed by atoms with Gasteiger partial charge in [0.05, 0.1) is 0 Å². The van der Waals surface area contributed by atoms with Crippen molar-refractivity contribution in [1.29, 1.82) is 0 Å². The molecule has 0 unspecified atom stereocenters. The lowest BCUT2D eigenvalue weighted by molar-refractivity contribution is -0.153. The zero-order chi connectivity index (χ0) is 13.2. The van der Waals surface area contributed by atoms with Crippen LogP contribution in [0, 0.1) is 0 Å². The minimum absolute atomic E-state index is 0.127. The van der Waals surface area contributed by atoms with Crippen LogP contribution in [0.15, 0.2) is 30.3 Å². The van der Waals surface area contributed by atoms with E-state index in [0.29, 0.717) is 11.3 Å². The Kier molecular flexibility index (Phi) is 3.27. The molecule has 0 saturated carbocycles. The van der Waals surface area contributed by atoms with Gasteiger partial charge in [-0.1, -0.05) is 12.1 Å². The first-order valence-corrected chi connectivity index (χ1v) is 5.27. The van der Waals surface area contributed by atoms with Crippen LogP contribution in [0.3, 0.4) is 0 Å². The third kappa shape index (κ3) is 2.82. The number of benzene rings is 1. The van der Waals surface area contributed by atoms with Crippen LogP contribution in [0.2, 0.25) is 0 Å². The third-order valence-electron chi connectivity index (χ3n) is 2.33. The zero-order valence-corrected chi connectivity index (χ0v) is 9.58. The van der Waals surface area contributed by atoms with Crippen LogP contribution in [0.25, 0.3) is 10.9 Å². The van der Waals surface area contributed by atoms with Gasteiger partial charge in [0.15, 0.2) is 6.61 Å². The summed E-state index contributed by atoms with van der Waals surface area (Å²) < 4.78 is 41.2. The molecule has 0 aliphatic rings. The maximum Gasteiger partial charge on any atom is 0.422 e. The van der Waals surface area contributed by atoms with Crippen LogP contribution in [-0.4, -0.2) is 24.8 Å². The highest BCUT2D eigenvalue weighted by Crippen LogP contribution is 2.26. The summed E-state index contributed by atoms with van der Waals surface area (Å²) in [6.45, 7) is -1.32. The molecule has 1 aromatic heterocycles. The molecule has 1 N–H and O–H groups in total. The van der Waals surface area contributed by atoms with Gasteiger partial charge in [0.1, 0.15) is 17.1 Å². The Morgan fingerprint density at radius 1 is 1.22 bits per heavy atom. The lowest BCUT2D eigenvalue weighted by atomic mass is 10.2. The molecule has 0 atom stereocenters. The van der Waals surface area contributed by atoms with Gasteiger partial charge in [0.2, 0.25) is 0 Å². The van der Waals surface area contributed by atoms with Crippen molar-refractivity contribution in [3.05, 3.63) is 30.3 Å². The molecule has 0 radical (unpaired) electrons. The lowest BCUT2D eigenvalue weighted by Crippen LogP contribution is -2.19. The SMILES string of the molecule is CNc1ccc2cccc(OCC(F)(F)F)c2n1. The second kappa shape index (κ2) is 4.72. The molecule has 6 heteroatoms. The molecule has 0 fully saturated rings. The minimum atomic E-state index is -4.36. The number of para-hydroxylation sites is 1. The van der Waals surface area contributed by atoms with Crippen LogP contribution in [0.4, 0.5) is 19.0 Å². The van der Waals surface area contributed by atoms with Gasteiger partial charge >= 0.3 is 6.18 Å². The molecule has 2 aromatic rings. The molecule has 1 aromatic carbocycles. The smallest absolute Gasteiger partial charge is 0.422 e. The monoisotopic (exact) mass is 256 g/mol. The Labute approximate surface area is 102 Å². The van der Waals surface area contributed by atoms with E-state index in [4.69, 9.17) is 4.74 Å². The number of hydrogen-bond donors (Lipinski definition) is 1. The number of fused-ring (bicyclic) bond motifs is 1. The van der Waals surface area contributed by atoms with Gasteiger partial charge in [0, 0.05) is 12.4 Å². The average Bonchev–Trinajstić information content (AvgIpc) is 2.34. The van der Waals surface area contributed by atoms with E-state index in [1.54, 1.807) is 31.3 Å². The van der Waals surface area contributed by atoms with Crippen LogP contribution < -0.4 is 10.1 Å². The number of alkyl halides is 3. The number of pyridine rings is 1. The first kappa shape index (κ1) is 12.5. The first-order chi connectivity index (χ1) is 8.49. The summed E-state index contributed by atoms with van der Waals surface area (Å²) in [5, 5.41) is 3.56. The van der Waals surface area contributed by atoms with Gasteiger partial charge in [-0.3, -0.25) is 0 Å². The molecule has 0 aliphatic heterocycles. The van der Waals surface area contributed by atoms with Gasteiger partial charge in [-0.25, -0.2) is 4.98 Å². The van der Waals surface area contributed by atoms with Crippen LogP contribution in [0.5, 0.6) is 5.75 Å². The highest BCUT2D eigenvalue weighted by Gasteiger charge is 2.28. The van der Waals surface area contributed by atoms with Crippen molar-refractivity contribution < 1.29 is 17.9 Å². The summed E-state index contributed by atoms with van der Waals surface area (Å²) in [6, 6.07) is 8.39. The second-order valence-electron chi connectivity index (χ2n) is 3.68. The van der Waals surface area contributed by atoms with E-state index in [9.17, 15) is 13.2 Å². The first-order valence-electron chi connectivity index (χ1n) is 5.27. The van der Waals surface area contributed by atoms with Crippen molar-refractivity contribution in [2.45, 2.75) is 6.18 Å². The summed E-state index contributed by atoms with van der Waals surface area (Å²) in [6.07, 6.45) is -4.36. The van der Waals surface area contributed by atoms with E-state index in [0.717, 1.165) is 5.39 Å². The third-order valence-corrected chi connectivity index (χ3v) is 2.33. The predicted molar refractivity (Wildman–Crippen MR) is 62.8 cm³/mol. The Hall–Kier alpha value is -1.98. The summed E-state index contributed by atoms with van der Waals surface area (Å²) in [4.78, 5) is 4.19. The number of aromatic nitrogens is 1. The molecule has 3 nitrogen and oxygen atoms in total. The average molecular weight is 256 g/mol. The van der Waals surface area contributed by atoms with E-state index in [2.05, 4.69) is 10.3 Å². The summed E-state index contributed by atoms with van der Waals surface area (Å²) in [7, 11) is 1.69. The highest BCUT2D eigenvalue weighted by molar-refractivity contribution is 5.85. The van der Waals surface area contributed by atoms with Gasteiger partial charge in [0.25, 0.3) is 0 Å². The molecule has 96 valence electrons. The molecule has 0 bridgehead atoms. The van der Waals surface area contributed by atoms with E-state index in [1.807, 2.05) is 0 Å². The fourth-order valence-corrected chi connectivity index (χ4v) is 1.54. The Morgan fingerprint density at radius 2 is 2.00 bits per heavy atom. The quantitative estimate of drug-likeness (QED) is 0.915. The highest BCUT2D eigenvalue weighted by atomic mass is 19.4. The predicted octanol–water partition coefficient (Wildman–Crippen LogP) is 3.22. The van der Waals surface area contributed by atoms with Crippen molar-refractivity contribution >= 4 is 16.7 Å². The molecule has 2 rings (SSSR count). The maximum absolute atomic E-state index is 12.1. The fraction of sp³-hybridized carbons (Fsp3) is 0.250. The molecule has 0 aliphatic carbocycles. The second-order valence-corrected chi connectivity index (χ2v) is 3.68. The fourth-order valence-electron chi connectivity index (χ4n) is 1.54. The Morgan fingerprint density at radius 3 is 2.67 bits per heavy atom. The van der Waals surface area contributed by atoms with E-state index in [-0.39, 0.29) is 5.75 Å². The number of ether oxygens (including phenoxy) is 1. The molecule has 1 heterocycles. The molecule has 18 heavy (non-hydrogen) atoms. The Bertz CT molecular complexity index is 555. The van der Waals surface area contributed by atoms with Crippen molar-refractivity contribution in [2.24, 2.45) is 0 Å². The number of hydrogen-bond acceptors (Lipinski definition) is 3. The standard InChI is InChI=1S/C12H11F3N2O/c1-16-10-6-5-8-3-2-4-9(11(8)17-10)18-7-12(13,14)15/h2-6H,7H2,1H3,(H,16,17). The van der Waals surface area contributed by atoms with Gasteiger partial charge < -0.3 is 10.1 Å². The summed E-state index contributed by atoms with van der Waals surface area (Å²) in [5.41, 5.74) is 0.411. The van der Waals surface area contributed by atoms with Crippen molar-refractivity contribution in [1.82, 2.24) is 4.98 Å². The van der Waals surface area contributed by atoms with E-state index < -0.39 is 12.8 Å². The molecule has 0 saturated heterocycles. The van der Waals surface area contributed by atoms with E-state index >= 15 is 0 Å². The molecule has 0 spiro atoms. The summed E-state index contributed by atoms with van der Waals surface area (Å²) in [5.74, 6) is 0.701. The van der Waals surface area contributed by atoms with Gasteiger partial charge in [-0.15, -0.1) is 0 Å². The van der Waals surface area contributed by atoms with Crippen LogP contribution in [0.1, 0.15) is 0 Å². The number of anilines is 1. The van der Waals surface area contributed by atoms with Crippen molar-refractivity contribution in [3.63, 3.8) is 0 Å². The lowest BCUT2D eigenvalue weighted by Gasteiger charge is -2.11. The Balaban J connectivity index is 2.37. The van der Waals surface area contributed by atoms with Crippen molar-refractivity contribution in [2.75, 3.05) is 19.0 Å². The van der Waals surface area contributed by atoms with Crippen LogP contribution in [-0.2, 0) is 0 Å². The van der Waals surface area contributed by atoms with Crippen LogP contribution >= 0.6 is 0 Å².